The van der Waals surface area contributed by atoms with Gasteiger partial charge in [-0.1, -0.05) is 7.43 Å². The molecule has 0 rings (SSSR count). The molecule has 1 N–H and O–H groups in total. The number of alkyl carbamates (subject to hydrolysis) is 1. The van der Waals surface area contributed by atoms with Crippen molar-refractivity contribution in [2.45, 2.75) is 60.1 Å². The summed E-state index contributed by atoms with van der Waals surface area (Å²) in [6.07, 6.45) is -0.366. The van der Waals surface area contributed by atoms with Crippen LogP contribution in [0.4, 0.5) is 4.79 Å². The van der Waals surface area contributed by atoms with Crippen molar-refractivity contribution in [3.8, 4) is 0 Å². The molecule has 0 aromatic rings. The van der Waals surface area contributed by atoms with E-state index in [1.807, 2.05) is 41.5 Å². The van der Waals surface area contributed by atoms with Crippen LogP contribution in [0.3, 0.4) is 0 Å². The van der Waals surface area contributed by atoms with Gasteiger partial charge in [0, 0.05) is 5.54 Å². The van der Waals surface area contributed by atoms with Crippen LogP contribution in [0.25, 0.3) is 0 Å². The van der Waals surface area contributed by atoms with Crippen LogP contribution in [0.5, 0.6) is 0 Å². The van der Waals surface area contributed by atoms with Gasteiger partial charge in [0.05, 0.1) is 0 Å². The molecule has 0 aromatic heterocycles. The van der Waals surface area contributed by atoms with Gasteiger partial charge < -0.3 is 10.1 Å². The molecule has 0 aliphatic heterocycles. The smallest absolute Gasteiger partial charge is 0.408 e. The van der Waals surface area contributed by atoms with E-state index >= 15 is 0 Å². The summed E-state index contributed by atoms with van der Waals surface area (Å²) in [6, 6.07) is 0. The van der Waals surface area contributed by atoms with E-state index in [1.54, 1.807) is 0 Å². The second kappa shape index (κ2) is 4.49. The molecule has 0 saturated heterocycles. The van der Waals surface area contributed by atoms with E-state index in [4.69, 9.17) is 4.74 Å². The Kier molecular flexibility index (Phi) is 5.10. The minimum atomic E-state index is -0.421. The molecule has 80 valence electrons. The summed E-state index contributed by atoms with van der Waals surface area (Å²) >= 11 is 0. The molecule has 13 heavy (non-hydrogen) atoms. The number of hydrogen-bond donors (Lipinski definition) is 1. The third kappa shape index (κ3) is 11.3. The second-order valence-electron chi connectivity index (χ2n) is 4.88. The summed E-state index contributed by atoms with van der Waals surface area (Å²) in [4.78, 5) is 11.1. The summed E-state index contributed by atoms with van der Waals surface area (Å²) in [7, 11) is 0. The molecule has 0 bridgehead atoms. The lowest BCUT2D eigenvalue weighted by Gasteiger charge is -2.25. The molecule has 0 aliphatic carbocycles. The lowest BCUT2D eigenvalue weighted by Crippen LogP contribution is -2.43. The maximum Gasteiger partial charge on any atom is 0.408 e. The van der Waals surface area contributed by atoms with Gasteiger partial charge in [0.1, 0.15) is 5.60 Å². The van der Waals surface area contributed by atoms with Crippen molar-refractivity contribution in [1.29, 1.82) is 0 Å². The largest absolute Gasteiger partial charge is 0.444 e. The van der Waals surface area contributed by atoms with Crippen molar-refractivity contribution in [3.05, 3.63) is 0 Å². The van der Waals surface area contributed by atoms with Crippen LogP contribution in [0.15, 0.2) is 0 Å². The zero-order valence-electron chi connectivity index (χ0n) is 8.82. The average Bonchev–Trinajstić information content (AvgIpc) is 1.49. The summed E-state index contributed by atoms with van der Waals surface area (Å²) in [5.41, 5.74) is -0.655. The van der Waals surface area contributed by atoms with E-state index in [1.165, 1.54) is 0 Å². The highest BCUT2D eigenvalue weighted by atomic mass is 16.6. The topological polar surface area (TPSA) is 38.3 Å². The maximum atomic E-state index is 11.1. The summed E-state index contributed by atoms with van der Waals surface area (Å²) in [6.45, 7) is 11.3. The van der Waals surface area contributed by atoms with Gasteiger partial charge in [-0.15, -0.1) is 0 Å². The molecule has 0 spiro atoms. The molecule has 0 radical (unpaired) electrons. The van der Waals surface area contributed by atoms with E-state index in [9.17, 15) is 4.79 Å². The van der Waals surface area contributed by atoms with Crippen molar-refractivity contribution in [2.75, 3.05) is 0 Å². The predicted molar refractivity (Wildman–Crippen MR) is 55.9 cm³/mol. The number of nitrogens with one attached hydrogen (secondary N) is 1. The number of carbonyl (C=O) groups excluding carboxylic acids is 1. The fraction of sp³-hybridized carbons (Fsp3) is 0.900. The van der Waals surface area contributed by atoms with Crippen LogP contribution < -0.4 is 5.32 Å². The van der Waals surface area contributed by atoms with Gasteiger partial charge >= 0.3 is 6.09 Å². The van der Waals surface area contributed by atoms with Gasteiger partial charge in [0.15, 0.2) is 0 Å². The summed E-state index contributed by atoms with van der Waals surface area (Å²) < 4.78 is 5.06. The highest BCUT2D eigenvalue weighted by Gasteiger charge is 2.20. The van der Waals surface area contributed by atoms with Gasteiger partial charge in [-0.05, 0) is 41.5 Å². The third-order valence-corrected chi connectivity index (χ3v) is 0.876. The first-order chi connectivity index (χ1) is 5.10. The quantitative estimate of drug-likeness (QED) is 0.636. The van der Waals surface area contributed by atoms with Gasteiger partial charge in [0.2, 0.25) is 0 Å². The molecule has 0 fully saturated rings. The van der Waals surface area contributed by atoms with Crippen LogP contribution in [-0.2, 0) is 4.74 Å². The Morgan fingerprint density at radius 3 is 1.69 bits per heavy atom. The van der Waals surface area contributed by atoms with Gasteiger partial charge in [-0.25, -0.2) is 4.79 Å². The van der Waals surface area contributed by atoms with Crippen molar-refractivity contribution in [1.82, 2.24) is 5.32 Å². The molecule has 0 aliphatic rings. The Labute approximate surface area is 81.9 Å². The van der Waals surface area contributed by atoms with E-state index in [0.717, 1.165) is 0 Å². The summed E-state index contributed by atoms with van der Waals surface area (Å²) in [5.74, 6) is 0. The Bertz CT molecular complexity index is 145. The fourth-order valence-corrected chi connectivity index (χ4v) is 0.610. The number of ether oxygens (including phenoxy) is 1. The van der Waals surface area contributed by atoms with Gasteiger partial charge in [-0.3, -0.25) is 0 Å². The molecular formula is C10H23NO2. The molecule has 3 heteroatoms. The average molecular weight is 189 g/mol. The first-order valence-corrected chi connectivity index (χ1v) is 4.11. The Morgan fingerprint density at radius 1 is 1.08 bits per heavy atom. The maximum absolute atomic E-state index is 11.1. The Hall–Kier alpha value is -0.730. The number of rotatable bonds is 0. The van der Waals surface area contributed by atoms with E-state index < -0.39 is 5.60 Å². The number of hydrogen-bond acceptors (Lipinski definition) is 2. The first kappa shape index (κ1) is 14.8. The van der Waals surface area contributed by atoms with E-state index in [0.29, 0.717) is 0 Å². The molecule has 0 atom stereocenters. The second-order valence-corrected chi connectivity index (χ2v) is 4.88. The third-order valence-electron chi connectivity index (χ3n) is 0.876. The highest BCUT2D eigenvalue weighted by molar-refractivity contribution is 5.68. The zero-order chi connectivity index (χ0) is 9.99. The minimum Gasteiger partial charge on any atom is -0.444 e. The fourth-order valence-electron chi connectivity index (χ4n) is 0.610. The van der Waals surface area contributed by atoms with Crippen molar-refractivity contribution in [2.24, 2.45) is 0 Å². The van der Waals surface area contributed by atoms with E-state index in [-0.39, 0.29) is 19.1 Å². The molecule has 3 nitrogen and oxygen atoms in total. The van der Waals surface area contributed by atoms with Gasteiger partial charge in [-0.2, -0.15) is 0 Å². The van der Waals surface area contributed by atoms with Crippen LogP contribution in [0.1, 0.15) is 49.0 Å². The van der Waals surface area contributed by atoms with Crippen molar-refractivity contribution < 1.29 is 9.53 Å². The Balaban J connectivity index is 0. The first-order valence-electron chi connectivity index (χ1n) is 4.11. The number of amides is 1. The van der Waals surface area contributed by atoms with Crippen molar-refractivity contribution >= 4 is 6.09 Å². The minimum absolute atomic E-state index is 0. The highest BCUT2D eigenvalue weighted by Crippen LogP contribution is 2.08. The molecule has 0 saturated carbocycles. The molecule has 1 amide bonds. The van der Waals surface area contributed by atoms with Crippen molar-refractivity contribution in [3.63, 3.8) is 0 Å². The SMILES string of the molecule is C.CC(C)(C)NC(=O)OC(C)(C)C. The monoisotopic (exact) mass is 189 g/mol. The lowest BCUT2D eigenvalue weighted by atomic mass is 10.1. The standard InChI is InChI=1S/C9H19NO2.CH4/c1-8(2,3)10-7(11)12-9(4,5)6;/h1-6H3,(H,10,11);1H4. The molecule has 0 heterocycles. The van der Waals surface area contributed by atoms with Crippen LogP contribution in [0, 0.1) is 0 Å². The van der Waals surface area contributed by atoms with Gasteiger partial charge in [0.25, 0.3) is 0 Å². The molecule has 0 unspecified atom stereocenters. The zero-order valence-corrected chi connectivity index (χ0v) is 8.82. The van der Waals surface area contributed by atoms with Crippen LogP contribution in [0.2, 0.25) is 0 Å². The van der Waals surface area contributed by atoms with E-state index in [2.05, 4.69) is 5.32 Å². The Morgan fingerprint density at radius 2 is 1.46 bits per heavy atom. The molecule has 0 aromatic carbocycles. The molecular weight excluding hydrogens is 166 g/mol. The number of carbonyl (C=O) groups is 1. The lowest BCUT2D eigenvalue weighted by molar-refractivity contribution is 0.0480. The normalized spacial score (nSPS) is 11.5. The predicted octanol–water partition coefficient (Wildman–Crippen LogP) is 2.95. The van der Waals surface area contributed by atoms with Crippen LogP contribution >= 0.6 is 0 Å². The van der Waals surface area contributed by atoms with Crippen LogP contribution in [-0.4, -0.2) is 17.2 Å². The summed E-state index contributed by atoms with van der Waals surface area (Å²) in [5, 5.41) is 2.71.